The van der Waals surface area contributed by atoms with E-state index >= 15 is 0 Å². The van der Waals surface area contributed by atoms with Crippen LogP contribution >= 0.6 is 23.0 Å². The number of carbonyl (C=O) groups excluding carboxylic acids is 12. The predicted molar refractivity (Wildman–Crippen MR) is 259 cm³/mol. The van der Waals surface area contributed by atoms with Crippen molar-refractivity contribution in [1.29, 1.82) is 0 Å². The molecule has 6 amide bonds. The molecule has 33 heteroatoms. The van der Waals surface area contributed by atoms with Gasteiger partial charge in [0.2, 0.25) is 0 Å². The van der Waals surface area contributed by atoms with Crippen molar-refractivity contribution in [3.63, 3.8) is 0 Å². The van der Waals surface area contributed by atoms with E-state index in [1.165, 1.54) is 36.4 Å². The fourth-order valence-corrected chi connectivity index (χ4v) is 8.45. The van der Waals surface area contributed by atoms with E-state index in [-0.39, 0.29) is 120 Å². The van der Waals surface area contributed by atoms with Crippen LogP contribution in [-0.2, 0) is 117 Å². The van der Waals surface area contributed by atoms with E-state index in [2.05, 4.69) is 19.0 Å². The number of Topliss-reactive ketones (excluding diaryl/α,β-unsaturated/α-hetero) is 3. The number of hydrogen-bond donors (Lipinski definition) is 6. The topological polar surface area (TPSA) is 424 Å². The van der Waals surface area contributed by atoms with Crippen molar-refractivity contribution in [3.8, 4) is 5.75 Å². The average molecular weight is 1190 g/mol. The summed E-state index contributed by atoms with van der Waals surface area (Å²) in [7, 11) is -14.5. The van der Waals surface area contributed by atoms with Gasteiger partial charge in [-0.05, 0) is 34.4 Å². The van der Waals surface area contributed by atoms with Gasteiger partial charge in [0.25, 0.3) is 35.4 Å². The molecule has 28 nitrogen and oxygen atoms in total. The van der Waals surface area contributed by atoms with Crippen LogP contribution in [0.15, 0.2) is 72.8 Å². The molecule has 3 heterocycles. The highest BCUT2D eigenvalue weighted by Crippen LogP contribution is 2.59. The number of imide groups is 3. The lowest BCUT2D eigenvalue weighted by Gasteiger charge is -2.18. The van der Waals surface area contributed by atoms with Crippen LogP contribution in [0.25, 0.3) is 0 Å². The number of benzene rings is 3. The third-order valence-corrected chi connectivity index (χ3v) is 13.1. The molecular weight excluding hydrogens is 1140 g/mol. The number of rotatable bonds is 24. The number of hydroxylamine groups is 6. The number of nitrogens with zero attached hydrogens (tertiary/aromatic N) is 3. The van der Waals surface area contributed by atoms with Gasteiger partial charge in [-0.15, -0.1) is 15.2 Å². The van der Waals surface area contributed by atoms with E-state index in [9.17, 15) is 80.0 Å². The zero-order chi connectivity index (χ0) is 59.8. The maximum Gasteiger partial charge on any atom is 0.524 e. The standard InChI is InChI=1S/C16H16F2NO8P.C16H18NO8P.C15H16NO9P/c17-16(18,28(24,25)26)11-3-1-10(2-4-11)9-12(20)5-8-15(23)27-19-13(21)6-7-14(19)22;18-13(5-8-16(21)25-17-14(19)6-7-15(17)20)9-11-1-3-12(4-2-11)10-26(22,23)24;17-11(3-8-15(20)24-16-13(18)6-7-14(16)19)9-10-1-4-12(5-2-10)25-26(21,22)23/h1-4H,5-9H2,(H2,24,25,26);1-4H,5-10H2,(H2,22,23,24);1-2,4-5H,3,6-9H2,(H2,21,22,23). The van der Waals surface area contributed by atoms with Crippen molar-refractivity contribution in [2.75, 3.05) is 0 Å². The van der Waals surface area contributed by atoms with Gasteiger partial charge in [0, 0.05) is 82.6 Å². The first-order valence-corrected chi connectivity index (χ1v) is 28.4. The van der Waals surface area contributed by atoms with Crippen LogP contribution in [0, 0.1) is 0 Å². The molecular formula is C47H50F2N3O25P3. The van der Waals surface area contributed by atoms with Crippen LogP contribution in [0.3, 0.4) is 0 Å². The maximum absolute atomic E-state index is 13.6. The van der Waals surface area contributed by atoms with E-state index in [0.717, 1.165) is 24.3 Å². The second-order valence-corrected chi connectivity index (χ2v) is 21.9. The van der Waals surface area contributed by atoms with Crippen LogP contribution in [0.2, 0.25) is 0 Å². The maximum atomic E-state index is 13.6. The van der Waals surface area contributed by atoms with Gasteiger partial charge in [0.1, 0.15) is 23.1 Å². The number of halogens is 2. The summed E-state index contributed by atoms with van der Waals surface area (Å²) in [5.74, 6) is -7.26. The van der Waals surface area contributed by atoms with Gasteiger partial charge in [-0.1, -0.05) is 60.7 Å². The first-order valence-electron chi connectivity index (χ1n) is 23.4. The molecule has 3 fully saturated rings. The summed E-state index contributed by atoms with van der Waals surface area (Å²) >= 11 is 0. The number of hydrogen-bond acceptors (Lipinski definition) is 19. The Morgan fingerprint density at radius 3 is 0.988 bits per heavy atom. The van der Waals surface area contributed by atoms with Crippen LogP contribution in [-0.4, -0.2) is 115 Å². The van der Waals surface area contributed by atoms with Crippen LogP contribution < -0.4 is 4.52 Å². The molecule has 0 aromatic heterocycles. The predicted octanol–water partition coefficient (Wildman–Crippen LogP) is 2.93. The van der Waals surface area contributed by atoms with E-state index < -0.39 is 93.4 Å². The molecule has 3 saturated heterocycles. The molecule has 0 spiro atoms. The number of carbonyl (C=O) groups is 12. The SMILES string of the molecule is O=C(CCC(=O)ON1C(=O)CCC1=O)Cc1ccc(C(F)(F)P(=O)(O)O)cc1.O=C(CCC(=O)ON1C(=O)CCC1=O)Cc1ccc(CP(=O)(O)O)cc1.O=C(CCC(=O)ON1C(=O)CCC1=O)Cc1ccc(OP(=O)(O)O)cc1. The molecule has 3 aromatic rings. The fraction of sp³-hybridized carbons (Fsp3) is 0.362. The summed E-state index contributed by atoms with van der Waals surface area (Å²) in [5, 5.41) is 1.23. The molecule has 6 N–H and O–H groups in total. The molecule has 3 aliphatic rings. The highest BCUT2D eigenvalue weighted by Gasteiger charge is 2.50. The molecule has 0 bridgehead atoms. The van der Waals surface area contributed by atoms with Crippen molar-refractivity contribution in [2.24, 2.45) is 0 Å². The lowest BCUT2D eigenvalue weighted by atomic mass is 10.0. The van der Waals surface area contributed by atoms with Crippen LogP contribution in [0.5, 0.6) is 5.75 Å². The Kier molecular flexibility index (Phi) is 23.3. The summed E-state index contributed by atoms with van der Waals surface area (Å²) in [6, 6.07) is 15.6. The molecule has 0 saturated carbocycles. The molecule has 3 aliphatic heterocycles. The summed E-state index contributed by atoms with van der Waals surface area (Å²) < 4.78 is 64.0. The van der Waals surface area contributed by atoms with E-state index in [4.69, 9.17) is 29.4 Å². The Hall–Kier alpha value is -7.39. The molecule has 6 rings (SSSR count). The summed E-state index contributed by atoms with van der Waals surface area (Å²) in [6.45, 7) is 0. The Balaban J connectivity index is 0.000000259. The Morgan fingerprint density at radius 1 is 0.438 bits per heavy atom. The number of ketones is 3. The van der Waals surface area contributed by atoms with Crippen LogP contribution in [0.4, 0.5) is 8.78 Å². The quantitative estimate of drug-likeness (QED) is 0.0554. The summed E-state index contributed by atoms with van der Waals surface area (Å²) in [4.78, 5) is 205. The highest BCUT2D eigenvalue weighted by molar-refractivity contribution is 7.52. The normalized spacial score (nSPS) is 14.7. The summed E-state index contributed by atoms with van der Waals surface area (Å²) in [5.41, 5.74) is -3.27. The third kappa shape index (κ3) is 21.7. The van der Waals surface area contributed by atoms with Crippen molar-refractivity contribution < 1.29 is 128 Å². The first kappa shape index (κ1) is 65.1. The lowest BCUT2D eigenvalue weighted by molar-refractivity contribution is -0.197. The van der Waals surface area contributed by atoms with Gasteiger partial charge < -0.3 is 38.6 Å². The number of phosphoric ester groups is 1. The van der Waals surface area contributed by atoms with Crippen molar-refractivity contribution >= 4 is 93.7 Å². The van der Waals surface area contributed by atoms with Gasteiger partial charge in [-0.2, -0.15) is 8.78 Å². The zero-order valence-corrected chi connectivity index (χ0v) is 44.3. The van der Waals surface area contributed by atoms with Gasteiger partial charge in [-0.25, -0.2) is 18.9 Å². The smallest absolute Gasteiger partial charge is 0.404 e. The van der Waals surface area contributed by atoms with Gasteiger partial charge in [0.05, 0.1) is 25.4 Å². The minimum Gasteiger partial charge on any atom is -0.404 e. The van der Waals surface area contributed by atoms with Crippen molar-refractivity contribution in [3.05, 3.63) is 101 Å². The molecule has 0 atom stereocenters. The number of alkyl halides is 2. The minimum absolute atomic E-state index is 0.00303. The molecule has 80 heavy (non-hydrogen) atoms. The third-order valence-electron chi connectivity index (χ3n) is 10.9. The molecule has 3 aromatic carbocycles. The molecule has 0 radical (unpaired) electrons. The monoisotopic (exact) mass is 1190 g/mol. The highest BCUT2D eigenvalue weighted by atomic mass is 31.2. The van der Waals surface area contributed by atoms with E-state index in [1.54, 1.807) is 12.1 Å². The van der Waals surface area contributed by atoms with Crippen molar-refractivity contribution in [2.45, 2.75) is 108 Å². The van der Waals surface area contributed by atoms with Crippen molar-refractivity contribution in [1.82, 2.24) is 15.2 Å². The van der Waals surface area contributed by atoms with Crippen LogP contribution in [0.1, 0.15) is 105 Å². The average Bonchev–Trinajstić information content (AvgIpc) is 3.99. The van der Waals surface area contributed by atoms with Gasteiger partial charge in [0.15, 0.2) is 0 Å². The second-order valence-electron chi connectivity index (χ2n) is 17.4. The van der Waals surface area contributed by atoms with E-state index in [0.29, 0.717) is 37.4 Å². The Bertz CT molecular complexity index is 2850. The minimum atomic E-state index is -5.68. The number of phosphoric acid groups is 1. The molecule has 0 unspecified atom stereocenters. The lowest BCUT2D eigenvalue weighted by Crippen LogP contribution is -2.32. The zero-order valence-electron chi connectivity index (χ0n) is 41.6. The number of amides is 6. The van der Waals surface area contributed by atoms with Gasteiger partial charge >= 0.3 is 46.6 Å². The van der Waals surface area contributed by atoms with E-state index in [1.807, 2.05) is 0 Å². The Morgan fingerprint density at radius 2 is 0.713 bits per heavy atom. The van der Waals surface area contributed by atoms with Gasteiger partial charge in [-0.3, -0.25) is 62.1 Å². The first-order chi connectivity index (χ1) is 37.2. The fourth-order valence-electron chi connectivity index (χ4n) is 6.89. The largest absolute Gasteiger partial charge is 0.524 e. The molecule has 432 valence electrons. The second kappa shape index (κ2) is 28.7. The molecule has 0 aliphatic carbocycles. The Labute approximate surface area is 450 Å². The summed E-state index contributed by atoms with van der Waals surface area (Å²) in [6.07, 6.45) is -2.11.